The van der Waals surface area contributed by atoms with Crippen molar-refractivity contribution in [2.45, 2.75) is 0 Å². The quantitative estimate of drug-likeness (QED) is 0.618. The molecule has 1 N–H and O–H groups in total. The number of pyridine rings is 1. The largest absolute Gasteiger partial charge is 0.355 e. The molecular weight excluding hydrogens is 435 g/mol. The summed E-state index contributed by atoms with van der Waals surface area (Å²) in [5.74, 6) is -0.184. The van der Waals surface area contributed by atoms with E-state index >= 15 is 0 Å². The summed E-state index contributed by atoms with van der Waals surface area (Å²) in [5, 5.41) is 4.11. The summed E-state index contributed by atoms with van der Waals surface area (Å²) in [4.78, 5) is 33.1. The second-order valence-corrected chi connectivity index (χ2v) is 8.05. The molecule has 0 spiro atoms. The number of aromatic nitrogens is 1. The van der Waals surface area contributed by atoms with Crippen LogP contribution in [-0.2, 0) is 0 Å². The highest BCUT2D eigenvalue weighted by molar-refractivity contribution is 6.35. The van der Waals surface area contributed by atoms with E-state index in [0.717, 1.165) is 11.4 Å². The molecule has 1 saturated heterocycles. The lowest BCUT2D eigenvalue weighted by Crippen LogP contribution is -2.50. The maximum absolute atomic E-state index is 12.9. The van der Waals surface area contributed by atoms with Crippen molar-refractivity contribution in [3.63, 3.8) is 0 Å². The van der Waals surface area contributed by atoms with Crippen molar-refractivity contribution in [2.24, 2.45) is 0 Å². The standard InChI is InChI=1S/C23H20Cl2N4O2/c24-18-13-17(14-19(25)15-18)23(31)29-11-9-28(10-12-29)22(30)16-1-3-20(4-2-16)27-21-5-7-26-8-6-21/h1-8,13-15H,9-12H2,(H,26,27). The maximum Gasteiger partial charge on any atom is 0.254 e. The Morgan fingerprint density at radius 3 is 1.74 bits per heavy atom. The molecule has 1 fully saturated rings. The minimum absolute atomic E-state index is 0.0478. The van der Waals surface area contributed by atoms with Gasteiger partial charge >= 0.3 is 0 Å². The first-order chi connectivity index (χ1) is 15.0. The Balaban J connectivity index is 1.35. The molecule has 158 valence electrons. The third-order valence-electron chi connectivity index (χ3n) is 5.06. The van der Waals surface area contributed by atoms with Gasteiger partial charge < -0.3 is 15.1 Å². The van der Waals surface area contributed by atoms with Crippen molar-refractivity contribution in [3.8, 4) is 0 Å². The number of anilines is 2. The number of carbonyl (C=O) groups excluding carboxylic acids is 2. The predicted octanol–water partition coefficient (Wildman–Crippen LogP) is 4.73. The minimum Gasteiger partial charge on any atom is -0.355 e. The molecule has 31 heavy (non-hydrogen) atoms. The molecule has 0 atom stereocenters. The lowest BCUT2D eigenvalue weighted by atomic mass is 10.1. The van der Waals surface area contributed by atoms with E-state index in [-0.39, 0.29) is 11.8 Å². The van der Waals surface area contributed by atoms with Crippen LogP contribution in [0.1, 0.15) is 20.7 Å². The van der Waals surface area contributed by atoms with Crippen LogP contribution in [0.25, 0.3) is 0 Å². The van der Waals surface area contributed by atoms with Gasteiger partial charge in [-0.05, 0) is 54.6 Å². The molecule has 0 unspecified atom stereocenters. The van der Waals surface area contributed by atoms with E-state index in [0.29, 0.717) is 47.4 Å². The van der Waals surface area contributed by atoms with Crippen LogP contribution in [0.2, 0.25) is 10.0 Å². The van der Waals surface area contributed by atoms with Crippen molar-refractivity contribution in [2.75, 3.05) is 31.5 Å². The molecule has 0 aliphatic carbocycles. The molecule has 2 amide bonds. The molecule has 6 nitrogen and oxygen atoms in total. The number of nitrogens with one attached hydrogen (secondary N) is 1. The zero-order valence-electron chi connectivity index (χ0n) is 16.6. The fourth-order valence-corrected chi connectivity index (χ4v) is 3.98. The van der Waals surface area contributed by atoms with Gasteiger partial charge in [-0.3, -0.25) is 14.6 Å². The average Bonchev–Trinajstić information content (AvgIpc) is 2.79. The second kappa shape index (κ2) is 9.37. The summed E-state index contributed by atoms with van der Waals surface area (Å²) in [7, 11) is 0. The number of rotatable bonds is 4. The fourth-order valence-electron chi connectivity index (χ4n) is 3.45. The van der Waals surface area contributed by atoms with E-state index in [1.807, 2.05) is 24.3 Å². The van der Waals surface area contributed by atoms with Gasteiger partial charge in [0.05, 0.1) is 0 Å². The molecule has 1 aromatic heterocycles. The van der Waals surface area contributed by atoms with Crippen LogP contribution in [-0.4, -0.2) is 52.8 Å². The molecular formula is C23H20Cl2N4O2. The first-order valence-electron chi connectivity index (χ1n) is 9.81. The second-order valence-electron chi connectivity index (χ2n) is 7.18. The van der Waals surface area contributed by atoms with E-state index in [1.54, 1.807) is 52.5 Å². The number of benzene rings is 2. The van der Waals surface area contributed by atoms with Gasteiger partial charge in [0, 0.05) is 71.1 Å². The summed E-state index contributed by atoms with van der Waals surface area (Å²) in [6, 6.07) is 15.9. The van der Waals surface area contributed by atoms with E-state index in [2.05, 4.69) is 10.3 Å². The van der Waals surface area contributed by atoms with Gasteiger partial charge in [0.1, 0.15) is 0 Å². The van der Waals surface area contributed by atoms with Crippen molar-refractivity contribution in [1.29, 1.82) is 0 Å². The number of hydrogen-bond acceptors (Lipinski definition) is 4. The van der Waals surface area contributed by atoms with E-state index in [4.69, 9.17) is 23.2 Å². The molecule has 3 aromatic rings. The molecule has 0 radical (unpaired) electrons. The van der Waals surface area contributed by atoms with Crippen LogP contribution in [0.15, 0.2) is 67.0 Å². The number of hydrogen-bond donors (Lipinski definition) is 1. The number of nitrogens with zero attached hydrogens (tertiary/aromatic N) is 3. The first kappa shape index (κ1) is 21.2. The summed E-state index contributed by atoms with van der Waals surface area (Å²) in [5.41, 5.74) is 2.88. The Morgan fingerprint density at radius 1 is 0.710 bits per heavy atom. The normalized spacial score (nSPS) is 13.7. The lowest BCUT2D eigenvalue weighted by molar-refractivity contribution is 0.0535. The van der Waals surface area contributed by atoms with Crippen molar-refractivity contribution in [3.05, 3.63) is 88.2 Å². The number of halogens is 2. The van der Waals surface area contributed by atoms with Gasteiger partial charge in [0.2, 0.25) is 0 Å². The Morgan fingerprint density at radius 2 is 1.19 bits per heavy atom. The first-order valence-corrected chi connectivity index (χ1v) is 10.6. The summed E-state index contributed by atoms with van der Waals surface area (Å²) < 4.78 is 0. The maximum atomic E-state index is 12.9. The minimum atomic E-state index is -0.136. The topological polar surface area (TPSA) is 65.5 Å². The van der Waals surface area contributed by atoms with Crippen LogP contribution >= 0.6 is 23.2 Å². The molecule has 0 saturated carbocycles. The third kappa shape index (κ3) is 5.16. The molecule has 1 aliphatic heterocycles. The summed E-state index contributed by atoms with van der Waals surface area (Å²) >= 11 is 12.0. The van der Waals surface area contributed by atoms with Gasteiger partial charge in [0.15, 0.2) is 0 Å². The SMILES string of the molecule is O=C(c1ccc(Nc2ccncc2)cc1)N1CCN(C(=O)c2cc(Cl)cc(Cl)c2)CC1. The summed E-state index contributed by atoms with van der Waals surface area (Å²) in [6.45, 7) is 1.85. The average molecular weight is 455 g/mol. The highest BCUT2D eigenvalue weighted by atomic mass is 35.5. The molecule has 1 aliphatic rings. The molecule has 2 aromatic carbocycles. The number of carbonyl (C=O) groups is 2. The zero-order valence-corrected chi connectivity index (χ0v) is 18.1. The third-order valence-corrected chi connectivity index (χ3v) is 5.50. The van der Waals surface area contributed by atoms with Gasteiger partial charge in [-0.1, -0.05) is 23.2 Å². The zero-order chi connectivity index (χ0) is 21.8. The van der Waals surface area contributed by atoms with E-state index in [9.17, 15) is 9.59 Å². The van der Waals surface area contributed by atoms with Crippen LogP contribution in [0.5, 0.6) is 0 Å². The lowest BCUT2D eigenvalue weighted by Gasteiger charge is -2.35. The molecule has 0 bridgehead atoms. The molecule has 4 rings (SSSR count). The van der Waals surface area contributed by atoms with Gasteiger partial charge in [0.25, 0.3) is 11.8 Å². The smallest absolute Gasteiger partial charge is 0.254 e. The Labute approximate surface area is 190 Å². The van der Waals surface area contributed by atoms with Gasteiger partial charge in [-0.2, -0.15) is 0 Å². The van der Waals surface area contributed by atoms with Crippen molar-refractivity contribution < 1.29 is 9.59 Å². The molecule has 2 heterocycles. The fraction of sp³-hybridized carbons (Fsp3) is 0.174. The highest BCUT2D eigenvalue weighted by Crippen LogP contribution is 2.21. The van der Waals surface area contributed by atoms with Crippen LogP contribution in [0.4, 0.5) is 11.4 Å². The van der Waals surface area contributed by atoms with Crippen LogP contribution in [0.3, 0.4) is 0 Å². The van der Waals surface area contributed by atoms with E-state index in [1.165, 1.54) is 0 Å². The Hall–Kier alpha value is -3.09. The van der Waals surface area contributed by atoms with Crippen molar-refractivity contribution >= 4 is 46.4 Å². The number of piperazine rings is 1. The Bertz CT molecular complexity index is 1060. The predicted molar refractivity (Wildman–Crippen MR) is 122 cm³/mol. The van der Waals surface area contributed by atoms with Gasteiger partial charge in [-0.25, -0.2) is 0 Å². The van der Waals surface area contributed by atoms with Crippen molar-refractivity contribution in [1.82, 2.24) is 14.8 Å². The van der Waals surface area contributed by atoms with Crippen LogP contribution in [0, 0.1) is 0 Å². The summed E-state index contributed by atoms with van der Waals surface area (Å²) in [6.07, 6.45) is 3.43. The molecule has 8 heteroatoms. The number of amides is 2. The van der Waals surface area contributed by atoms with Gasteiger partial charge in [-0.15, -0.1) is 0 Å². The monoisotopic (exact) mass is 454 g/mol. The Kier molecular flexibility index (Phi) is 6.39. The van der Waals surface area contributed by atoms with E-state index < -0.39 is 0 Å². The highest BCUT2D eigenvalue weighted by Gasteiger charge is 2.25. The van der Waals surface area contributed by atoms with Crippen LogP contribution < -0.4 is 5.32 Å².